The Morgan fingerprint density at radius 3 is 2.38 bits per heavy atom. The summed E-state index contributed by atoms with van der Waals surface area (Å²) in [4.78, 5) is 33.8. The maximum absolute atomic E-state index is 12.8. The third kappa shape index (κ3) is 3.35. The maximum Gasteiger partial charge on any atom is 0.228 e. The number of hydrogen-bond acceptors (Lipinski definition) is 4. The monoisotopic (exact) mass is 356 g/mol. The van der Waals surface area contributed by atoms with Gasteiger partial charge in [0, 0.05) is 64.0 Å². The molecule has 3 heterocycles. The quantitative estimate of drug-likeness (QED) is 0.804. The van der Waals surface area contributed by atoms with E-state index in [9.17, 15) is 9.59 Å². The Bertz CT molecular complexity index is 651. The van der Waals surface area contributed by atoms with Gasteiger partial charge in [0.1, 0.15) is 0 Å². The van der Waals surface area contributed by atoms with Crippen molar-refractivity contribution < 1.29 is 9.59 Å². The minimum Gasteiger partial charge on any atom is -0.339 e. The second-order valence-corrected chi connectivity index (χ2v) is 7.61. The van der Waals surface area contributed by atoms with Gasteiger partial charge in [0.25, 0.3) is 0 Å². The average Bonchev–Trinajstić information content (AvgIpc) is 3.03. The van der Waals surface area contributed by atoms with Crippen LogP contribution in [0, 0.1) is 5.92 Å². The molecule has 140 valence electrons. The number of hydrogen-bond donors (Lipinski definition) is 0. The molecule has 1 atom stereocenters. The number of carbonyl (C=O) groups is 2. The number of nitrogens with zero attached hydrogens (tertiary/aromatic N) is 4. The summed E-state index contributed by atoms with van der Waals surface area (Å²) in [7, 11) is 0. The lowest BCUT2D eigenvalue weighted by atomic mass is 10.0. The van der Waals surface area contributed by atoms with Crippen molar-refractivity contribution in [2.45, 2.75) is 19.4 Å². The molecule has 3 fully saturated rings. The molecule has 3 aliphatic rings. The van der Waals surface area contributed by atoms with Crippen LogP contribution in [0.2, 0.25) is 0 Å². The summed E-state index contributed by atoms with van der Waals surface area (Å²) in [6.07, 6.45) is 0.337. The van der Waals surface area contributed by atoms with Crippen LogP contribution in [-0.4, -0.2) is 84.9 Å². The first-order chi connectivity index (χ1) is 12.7. The molecule has 0 aliphatic carbocycles. The normalized spacial score (nSPS) is 25.6. The van der Waals surface area contributed by atoms with E-state index < -0.39 is 0 Å². The Kier molecular flexibility index (Phi) is 4.96. The van der Waals surface area contributed by atoms with Crippen molar-refractivity contribution in [3.63, 3.8) is 0 Å². The molecule has 0 N–H and O–H groups in total. The molecule has 0 saturated carbocycles. The number of para-hydroxylation sites is 1. The van der Waals surface area contributed by atoms with Gasteiger partial charge >= 0.3 is 0 Å². The number of anilines is 1. The molecule has 1 aromatic rings. The third-order valence-corrected chi connectivity index (χ3v) is 6.09. The molecular formula is C20H28N4O2. The van der Waals surface area contributed by atoms with Crippen LogP contribution in [0.4, 0.5) is 5.69 Å². The van der Waals surface area contributed by atoms with Crippen molar-refractivity contribution in [1.82, 2.24) is 14.7 Å². The fraction of sp³-hybridized carbons (Fsp3) is 0.600. The van der Waals surface area contributed by atoms with Crippen LogP contribution in [0.1, 0.15) is 13.3 Å². The van der Waals surface area contributed by atoms with E-state index in [2.05, 4.69) is 16.7 Å². The zero-order chi connectivity index (χ0) is 18.1. The average molecular weight is 356 g/mol. The molecule has 0 aromatic heterocycles. The van der Waals surface area contributed by atoms with E-state index in [0.29, 0.717) is 19.0 Å². The maximum atomic E-state index is 12.8. The molecule has 1 unspecified atom stereocenters. The zero-order valence-corrected chi connectivity index (χ0v) is 15.5. The van der Waals surface area contributed by atoms with E-state index in [1.165, 1.54) is 0 Å². The van der Waals surface area contributed by atoms with Gasteiger partial charge in [-0.3, -0.25) is 14.5 Å². The van der Waals surface area contributed by atoms with Gasteiger partial charge < -0.3 is 14.7 Å². The van der Waals surface area contributed by atoms with Gasteiger partial charge in [-0.05, 0) is 18.7 Å². The molecule has 1 aromatic carbocycles. The summed E-state index contributed by atoms with van der Waals surface area (Å²) < 4.78 is 0. The van der Waals surface area contributed by atoms with Crippen LogP contribution in [0.15, 0.2) is 30.3 Å². The lowest BCUT2D eigenvalue weighted by Gasteiger charge is -2.48. The lowest BCUT2D eigenvalue weighted by Crippen LogP contribution is -2.65. The van der Waals surface area contributed by atoms with Crippen molar-refractivity contribution in [2.24, 2.45) is 5.92 Å². The number of carbonyl (C=O) groups excluding carboxylic acids is 2. The van der Waals surface area contributed by atoms with Crippen LogP contribution < -0.4 is 4.90 Å². The molecule has 26 heavy (non-hydrogen) atoms. The fourth-order valence-electron chi connectivity index (χ4n) is 4.30. The number of rotatable bonds is 4. The zero-order valence-electron chi connectivity index (χ0n) is 15.5. The highest BCUT2D eigenvalue weighted by molar-refractivity contribution is 6.00. The molecule has 2 amide bonds. The predicted octanol–water partition coefficient (Wildman–Crippen LogP) is 0.888. The Morgan fingerprint density at radius 2 is 1.73 bits per heavy atom. The summed E-state index contributed by atoms with van der Waals surface area (Å²) in [6.45, 7) is 9.94. The van der Waals surface area contributed by atoms with E-state index in [1.807, 2.05) is 35.2 Å². The first kappa shape index (κ1) is 17.5. The highest BCUT2D eigenvalue weighted by atomic mass is 16.2. The molecule has 0 spiro atoms. The highest BCUT2D eigenvalue weighted by Gasteiger charge is 2.42. The molecule has 6 heteroatoms. The molecule has 3 saturated heterocycles. The molecular weight excluding hydrogens is 328 g/mol. The van der Waals surface area contributed by atoms with E-state index in [1.54, 1.807) is 4.90 Å². The van der Waals surface area contributed by atoms with E-state index in [4.69, 9.17) is 0 Å². The second kappa shape index (κ2) is 7.37. The van der Waals surface area contributed by atoms with Crippen molar-refractivity contribution in [3.05, 3.63) is 30.3 Å². The van der Waals surface area contributed by atoms with Gasteiger partial charge in [0.2, 0.25) is 11.8 Å². The van der Waals surface area contributed by atoms with E-state index in [0.717, 1.165) is 51.5 Å². The smallest absolute Gasteiger partial charge is 0.228 e. The number of likely N-dealkylation sites (tertiary alicyclic amines) is 1. The first-order valence-corrected chi connectivity index (χ1v) is 9.76. The van der Waals surface area contributed by atoms with Gasteiger partial charge in [-0.25, -0.2) is 0 Å². The summed E-state index contributed by atoms with van der Waals surface area (Å²) in [6, 6.07) is 10.2. The number of likely N-dealkylation sites (N-methyl/N-ethyl adjacent to an activating group) is 1. The summed E-state index contributed by atoms with van der Waals surface area (Å²) in [5.74, 6) is 0.0168. The SMILES string of the molecule is CCN1CCN(C2CN(C(=O)C3CC(=O)N(c4ccccc4)C3)C2)CC1. The summed E-state index contributed by atoms with van der Waals surface area (Å²) in [5.41, 5.74) is 0.892. The van der Waals surface area contributed by atoms with Crippen LogP contribution >= 0.6 is 0 Å². The van der Waals surface area contributed by atoms with Crippen molar-refractivity contribution in [2.75, 3.05) is 57.3 Å². The first-order valence-electron chi connectivity index (χ1n) is 9.76. The molecule has 0 radical (unpaired) electrons. The third-order valence-electron chi connectivity index (χ3n) is 6.09. The topological polar surface area (TPSA) is 47.1 Å². The Hall–Kier alpha value is -1.92. The second-order valence-electron chi connectivity index (χ2n) is 7.61. The predicted molar refractivity (Wildman–Crippen MR) is 101 cm³/mol. The van der Waals surface area contributed by atoms with Crippen molar-refractivity contribution in [1.29, 1.82) is 0 Å². The molecule has 4 rings (SSSR count). The van der Waals surface area contributed by atoms with Crippen LogP contribution in [0.5, 0.6) is 0 Å². The summed E-state index contributed by atoms with van der Waals surface area (Å²) >= 11 is 0. The standard InChI is InChI=1S/C20H28N4O2/c1-2-21-8-10-22(11-9-21)18-14-23(15-18)20(26)16-12-19(25)24(13-16)17-6-4-3-5-7-17/h3-7,16,18H,2,8-15H2,1H3. The molecule has 3 aliphatic heterocycles. The van der Waals surface area contributed by atoms with Gasteiger partial charge in [0.15, 0.2) is 0 Å². The van der Waals surface area contributed by atoms with Crippen LogP contribution in [0.3, 0.4) is 0 Å². The lowest BCUT2D eigenvalue weighted by molar-refractivity contribution is -0.143. The van der Waals surface area contributed by atoms with Crippen molar-refractivity contribution >= 4 is 17.5 Å². The van der Waals surface area contributed by atoms with Crippen molar-refractivity contribution in [3.8, 4) is 0 Å². The fourth-order valence-corrected chi connectivity index (χ4v) is 4.30. The summed E-state index contributed by atoms with van der Waals surface area (Å²) in [5, 5.41) is 0. The van der Waals surface area contributed by atoms with Gasteiger partial charge in [-0.1, -0.05) is 25.1 Å². The Labute approximate surface area is 155 Å². The van der Waals surface area contributed by atoms with Gasteiger partial charge in [0.05, 0.1) is 5.92 Å². The van der Waals surface area contributed by atoms with Gasteiger partial charge in [-0.15, -0.1) is 0 Å². The molecule has 0 bridgehead atoms. The van der Waals surface area contributed by atoms with Gasteiger partial charge in [-0.2, -0.15) is 0 Å². The van der Waals surface area contributed by atoms with E-state index in [-0.39, 0.29) is 17.7 Å². The Balaban J connectivity index is 1.28. The Morgan fingerprint density at radius 1 is 1.04 bits per heavy atom. The van der Waals surface area contributed by atoms with Crippen LogP contribution in [-0.2, 0) is 9.59 Å². The highest BCUT2D eigenvalue weighted by Crippen LogP contribution is 2.28. The molecule has 6 nitrogen and oxygen atoms in total. The largest absolute Gasteiger partial charge is 0.339 e. The minimum atomic E-state index is -0.194. The number of piperazine rings is 1. The minimum absolute atomic E-state index is 0.0577. The number of benzene rings is 1. The number of amides is 2. The van der Waals surface area contributed by atoms with Crippen LogP contribution in [0.25, 0.3) is 0 Å². The van der Waals surface area contributed by atoms with E-state index >= 15 is 0 Å².